The number of thiophene rings is 1. The maximum Gasteiger partial charge on any atom is 0.261 e. The van der Waals surface area contributed by atoms with Gasteiger partial charge in [0.15, 0.2) is 5.96 Å². The van der Waals surface area contributed by atoms with E-state index in [1.807, 2.05) is 24.4 Å². The van der Waals surface area contributed by atoms with Crippen LogP contribution < -0.4 is 20.7 Å². The zero-order valence-electron chi connectivity index (χ0n) is 18.3. The van der Waals surface area contributed by atoms with Gasteiger partial charge in [0.05, 0.1) is 24.6 Å². The number of nitrogens with zero attached hydrogens (tertiary/aromatic N) is 1. The zero-order valence-corrected chi connectivity index (χ0v) is 19.1. The Kier molecular flexibility index (Phi) is 9.17. The van der Waals surface area contributed by atoms with Crippen molar-refractivity contribution in [2.45, 2.75) is 39.3 Å². The van der Waals surface area contributed by atoms with Crippen LogP contribution in [0, 0.1) is 6.92 Å². The highest BCUT2D eigenvalue weighted by Gasteiger charge is 2.18. The second-order valence-electron chi connectivity index (χ2n) is 7.42. The molecule has 3 rings (SSSR count). The van der Waals surface area contributed by atoms with E-state index in [4.69, 9.17) is 14.5 Å². The van der Waals surface area contributed by atoms with Crippen LogP contribution >= 0.6 is 11.3 Å². The fourth-order valence-electron chi connectivity index (χ4n) is 3.19. The number of guanidine groups is 1. The summed E-state index contributed by atoms with van der Waals surface area (Å²) in [6, 6.07) is 9.94. The molecule has 1 unspecified atom stereocenters. The van der Waals surface area contributed by atoms with Crippen molar-refractivity contribution in [1.82, 2.24) is 16.0 Å². The first-order valence-corrected chi connectivity index (χ1v) is 11.7. The van der Waals surface area contributed by atoms with Crippen LogP contribution in [0.4, 0.5) is 0 Å². The molecule has 0 bridgehead atoms. The third kappa shape index (κ3) is 7.56. The van der Waals surface area contributed by atoms with E-state index in [1.165, 1.54) is 11.3 Å². The van der Waals surface area contributed by atoms with Gasteiger partial charge in [0.2, 0.25) is 0 Å². The molecule has 1 aliphatic rings. The minimum Gasteiger partial charge on any atom is -0.488 e. The number of nitrogens with one attached hydrogen (secondary N) is 3. The molecule has 1 amide bonds. The van der Waals surface area contributed by atoms with Crippen LogP contribution in [-0.2, 0) is 11.3 Å². The number of hydrogen-bond acceptors (Lipinski definition) is 5. The average molecular weight is 445 g/mol. The summed E-state index contributed by atoms with van der Waals surface area (Å²) in [6.45, 7) is 8.13. The summed E-state index contributed by atoms with van der Waals surface area (Å²) in [5.74, 6) is 1.62. The van der Waals surface area contributed by atoms with Crippen molar-refractivity contribution in [3.63, 3.8) is 0 Å². The molecule has 0 radical (unpaired) electrons. The van der Waals surface area contributed by atoms with Crippen LogP contribution in [0.25, 0.3) is 0 Å². The summed E-state index contributed by atoms with van der Waals surface area (Å²) in [7, 11) is 0. The molecule has 1 atom stereocenters. The second kappa shape index (κ2) is 12.3. The number of ether oxygens (including phenoxy) is 2. The third-order valence-electron chi connectivity index (χ3n) is 4.83. The van der Waals surface area contributed by atoms with Crippen LogP contribution in [0.5, 0.6) is 5.75 Å². The number of rotatable bonds is 10. The van der Waals surface area contributed by atoms with E-state index in [2.05, 4.69) is 41.1 Å². The molecule has 2 aromatic rings. The molecule has 1 aliphatic heterocycles. The molecule has 1 aromatic heterocycles. The minimum atomic E-state index is -0.0184. The van der Waals surface area contributed by atoms with E-state index in [0.29, 0.717) is 26.2 Å². The van der Waals surface area contributed by atoms with Gasteiger partial charge in [-0.25, -0.2) is 4.99 Å². The Labute approximate surface area is 188 Å². The Balaban J connectivity index is 1.49. The van der Waals surface area contributed by atoms with Crippen molar-refractivity contribution in [3.05, 3.63) is 51.7 Å². The van der Waals surface area contributed by atoms with Gasteiger partial charge in [0, 0.05) is 31.6 Å². The first-order valence-electron chi connectivity index (χ1n) is 10.8. The Hall–Kier alpha value is -2.58. The van der Waals surface area contributed by atoms with Crippen LogP contribution in [0.1, 0.15) is 40.6 Å². The molecule has 0 aliphatic carbocycles. The summed E-state index contributed by atoms with van der Waals surface area (Å²) in [5, 5.41) is 11.4. The molecule has 0 spiro atoms. The van der Waals surface area contributed by atoms with E-state index < -0.39 is 0 Å². The first kappa shape index (κ1) is 23.1. The quantitative estimate of drug-likeness (QED) is 0.298. The standard InChI is InChI=1S/C23H32N4O3S/c1-3-24-23(26-11-5-10-25-22(28)21-6-4-13-31-21)27-15-18-8-7-17(2)14-20(18)30-19-9-12-29-16-19/h4,6-8,13-14,19H,3,5,9-12,15-16H2,1-2H3,(H,25,28)(H2,24,26,27). The molecule has 1 aromatic carbocycles. The molecular formula is C23H32N4O3S. The predicted molar refractivity (Wildman–Crippen MR) is 125 cm³/mol. The number of aliphatic imine (C=N–C) groups is 1. The van der Waals surface area contributed by atoms with E-state index in [9.17, 15) is 4.79 Å². The minimum absolute atomic E-state index is 0.0184. The number of aryl methyl sites for hydroxylation is 1. The van der Waals surface area contributed by atoms with Gasteiger partial charge in [-0.1, -0.05) is 18.2 Å². The molecule has 168 valence electrons. The lowest BCUT2D eigenvalue weighted by Gasteiger charge is -2.16. The van der Waals surface area contributed by atoms with Crippen LogP contribution in [0.3, 0.4) is 0 Å². The molecular weight excluding hydrogens is 412 g/mol. The lowest BCUT2D eigenvalue weighted by atomic mass is 10.1. The Morgan fingerprint density at radius 2 is 2.13 bits per heavy atom. The smallest absolute Gasteiger partial charge is 0.261 e. The van der Waals surface area contributed by atoms with Gasteiger partial charge >= 0.3 is 0 Å². The monoisotopic (exact) mass is 444 g/mol. The van der Waals surface area contributed by atoms with Crippen molar-refractivity contribution in [2.75, 3.05) is 32.8 Å². The SMILES string of the molecule is CCNC(=NCc1ccc(C)cc1OC1CCOC1)NCCCNC(=O)c1cccs1. The van der Waals surface area contributed by atoms with Crippen molar-refractivity contribution >= 4 is 23.2 Å². The van der Waals surface area contributed by atoms with Gasteiger partial charge < -0.3 is 25.4 Å². The summed E-state index contributed by atoms with van der Waals surface area (Å²) < 4.78 is 11.6. The lowest BCUT2D eigenvalue weighted by molar-refractivity contribution is 0.0957. The summed E-state index contributed by atoms with van der Waals surface area (Å²) >= 11 is 1.45. The summed E-state index contributed by atoms with van der Waals surface area (Å²) in [4.78, 5) is 17.4. The second-order valence-corrected chi connectivity index (χ2v) is 8.37. The molecule has 8 heteroatoms. The highest BCUT2D eigenvalue weighted by molar-refractivity contribution is 7.12. The van der Waals surface area contributed by atoms with E-state index in [0.717, 1.165) is 53.7 Å². The predicted octanol–water partition coefficient (Wildman–Crippen LogP) is 3.10. The molecule has 2 heterocycles. The van der Waals surface area contributed by atoms with Crippen LogP contribution in [-0.4, -0.2) is 50.8 Å². The number of carbonyl (C=O) groups excluding carboxylic acids is 1. The highest BCUT2D eigenvalue weighted by atomic mass is 32.1. The fraction of sp³-hybridized carbons (Fsp3) is 0.478. The van der Waals surface area contributed by atoms with Gasteiger partial charge in [-0.05, 0) is 43.3 Å². The van der Waals surface area contributed by atoms with Crippen molar-refractivity contribution in [2.24, 2.45) is 4.99 Å². The van der Waals surface area contributed by atoms with E-state index in [-0.39, 0.29) is 12.0 Å². The Bertz CT molecular complexity index is 849. The fourth-order valence-corrected chi connectivity index (χ4v) is 3.83. The van der Waals surface area contributed by atoms with Gasteiger partial charge in [0.1, 0.15) is 11.9 Å². The van der Waals surface area contributed by atoms with Gasteiger partial charge in [-0.3, -0.25) is 4.79 Å². The van der Waals surface area contributed by atoms with Crippen molar-refractivity contribution in [3.8, 4) is 5.75 Å². The molecule has 1 saturated heterocycles. The van der Waals surface area contributed by atoms with Gasteiger partial charge in [-0.15, -0.1) is 11.3 Å². The number of benzene rings is 1. The Morgan fingerprint density at radius 1 is 1.26 bits per heavy atom. The maximum atomic E-state index is 12.0. The highest BCUT2D eigenvalue weighted by Crippen LogP contribution is 2.24. The lowest BCUT2D eigenvalue weighted by Crippen LogP contribution is -2.38. The number of amides is 1. The third-order valence-corrected chi connectivity index (χ3v) is 5.70. The molecule has 3 N–H and O–H groups in total. The van der Waals surface area contributed by atoms with Gasteiger partial charge in [-0.2, -0.15) is 0 Å². The molecule has 1 fully saturated rings. The van der Waals surface area contributed by atoms with Crippen molar-refractivity contribution < 1.29 is 14.3 Å². The Morgan fingerprint density at radius 3 is 2.87 bits per heavy atom. The first-order chi connectivity index (χ1) is 15.2. The normalized spacial score (nSPS) is 16.2. The molecule has 31 heavy (non-hydrogen) atoms. The zero-order chi connectivity index (χ0) is 21.9. The van der Waals surface area contributed by atoms with Crippen LogP contribution in [0.15, 0.2) is 40.7 Å². The van der Waals surface area contributed by atoms with Crippen LogP contribution in [0.2, 0.25) is 0 Å². The number of hydrogen-bond donors (Lipinski definition) is 3. The average Bonchev–Trinajstić information content (AvgIpc) is 3.47. The van der Waals surface area contributed by atoms with Crippen molar-refractivity contribution in [1.29, 1.82) is 0 Å². The van der Waals surface area contributed by atoms with E-state index in [1.54, 1.807) is 0 Å². The summed E-state index contributed by atoms with van der Waals surface area (Å²) in [5.41, 5.74) is 2.22. The number of carbonyl (C=O) groups is 1. The topological polar surface area (TPSA) is 84.0 Å². The maximum absolute atomic E-state index is 12.0. The molecule has 7 nitrogen and oxygen atoms in total. The van der Waals surface area contributed by atoms with Gasteiger partial charge in [0.25, 0.3) is 5.91 Å². The largest absolute Gasteiger partial charge is 0.488 e. The molecule has 0 saturated carbocycles. The summed E-state index contributed by atoms with van der Waals surface area (Å²) in [6.07, 6.45) is 1.84. The van der Waals surface area contributed by atoms with E-state index >= 15 is 0 Å².